The maximum Gasteiger partial charge on any atom is 0.273 e. The number of benzene rings is 1. The summed E-state index contributed by atoms with van der Waals surface area (Å²) in [6, 6.07) is 9.71. The largest absolute Gasteiger partial charge is 0.347 e. The average Bonchev–Trinajstić information content (AvgIpc) is 3.48. The Kier molecular flexibility index (Phi) is 5.43. The van der Waals surface area contributed by atoms with Gasteiger partial charge in [-0.3, -0.25) is 9.59 Å². The predicted octanol–water partition coefficient (Wildman–Crippen LogP) is 1.97. The van der Waals surface area contributed by atoms with Gasteiger partial charge in [0.1, 0.15) is 5.69 Å². The molecule has 144 valence electrons. The molecule has 0 saturated carbocycles. The van der Waals surface area contributed by atoms with Crippen LogP contribution < -0.4 is 5.32 Å². The van der Waals surface area contributed by atoms with Crippen LogP contribution in [0.3, 0.4) is 0 Å². The molecule has 4 rings (SSSR count). The Labute approximate surface area is 166 Å². The van der Waals surface area contributed by atoms with Gasteiger partial charge in [-0.25, -0.2) is 9.67 Å². The molecule has 1 N–H and O–H groups in total. The Morgan fingerprint density at radius 2 is 2.07 bits per heavy atom. The number of carbonyl (C=O) groups excluding carboxylic acids is 2. The summed E-state index contributed by atoms with van der Waals surface area (Å²) in [6.07, 6.45) is 3.47. The lowest BCUT2D eigenvalue weighted by atomic mass is 10.2. The minimum Gasteiger partial charge on any atom is -0.347 e. The van der Waals surface area contributed by atoms with Gasteiger partial charge in [0.2, 0.25) is 0 Å². The quantitative estimate of drug-likeness (QED) is 0.688. The van der Waals surface area contributed by atoms with Crippen LogP contribution in [0.4, 0.5) is 0 Å². The highest BCUT2D eigenvalue weighted by atomic mass is 32.1. The Bertz CT molecular complexity index is 941. The van der Waals surface area contributed by atoms with Crippen molar-refractivity contribution < 1.29 is 9.59 Å². The van der Waals surface area contributed by atoms with Gasteiger partial charge < -0.3 is 10.2 Å². The van der Waals surface area contributed by atoms with E-state index in [1.165, 1.54) is 11.3 Å². The summed E-state index contributed by atoms with van der Waals surface area (Å²) in [4.78, 5) is 30.9. The highest BCUT2D eigenvalue weighted by Gasteiger charge is 2.31. The molecule has 0 spiro atoms. The number of hydrogen-bond acceptors (Lipinski definition) is 6. The lowest BCUT2D eigenvalue weighted by molar-refractivity contribution is 0.0715. The van der Waals surface area contributed by atoms with E-state index in [0.717, 1.165) is 18.4 Å². The van der Waals surface area contributed by atoms with E-state index in [2.05, 4.69) is 20.6 Å². The van der Waals surface area contributed by atoms with Crippen LogP contribution in [0.1, 0.15) is 39.4 Å². The molecule has 2 aromatic heterocycles. The molecule has 0 radical (unpaired) electrons. The van der Waals surface area contributed by atoms with Crippen molar-refractivity contribution in [3.63, 3.8) is 0 Å². The molecule has 2 amide bonds. The van der Waals surface area contributed by atoms with E-state index in [0.29, 0.717) is 25.3 Å². The van der Waals surface area contributed by atoms with Gasteiger partial charge >= 0.3 is 0 Å². The number of likely N-dealkylation sites (tertiary alicyclic amines) is 1. The Hall–Kier alpha value is -3.07. The zero-order valence-electron chi connectivity index (χ0n) is 15.2. The Morgan fingerprint density at radius 1 is 1.21 bits per heavy atom. The summed E-state index contributed by atoms with van der Waals surface area (Å²) in [5.41, 5.74) is 3.43. The summed E-state index contributed by atoms with van der Waals surface area (Å²) in [5.74, 6) is -0.318. The van der Waals surface area contributed by atoms with Crippen LogP contribution >= 0.6 is 11.3 Å². The highest BCUT2D eigenvalue weighted by molar-refractivity contribution is 7.07. The maximum atomic E-state index is 12.6. The number of hydrogen-bond donors (Lipinski definition) is 1. The molecular weight excluding hydrogens is 376 g/mol. The van der Waals surface area contributed by atoms with Crippen molar-refractivity contribution in [1.82, 2.24) is 30.2 Å². The monoisotopic (exact) mass is 396 g/mol. The van der Waals surface area contributed by atoms with E-state index in [-0.39, 0.29) is 23.6 Å². The molecule has 0 aliphatic carbocycles. The fourth-order valence-corrected chi connectivity index (χ4v) is 3.86. The molecule has 8 nitrogen and oxygen atoms in total. The lowest BCUT2D eigenvalue weighted by Crippen LogP contribution is -2.38. The summed E-state index contributed by atoms with van der Waals surface area (Å²) in [5, 5.41) is 12.7. The zero-order chi connectivity index (χ0) is 19.3. The van der Waals surface area contributed by atoms with Crippen LogP contribution in [0.15, 0.2) is 47.4 Å². The third kappa shape index (κ3) is 4.09. The van der Waals surface area contributed by atoms with Crippen molar-refractivity contribution >= 4 is 23.2 Å². The third-order valence-corrected chi connectivity index (χ3v) is 5.34. The second kappa shape index (κ2) is 8.30. The standard InChI is InChI=1S/C19H20N6O2S/c26-18(20-9-14-5-2-1-3-6-14)16-11-24(23-22-16)10-15-7-4-8-25(15)19(27)17-12-28-13-21-17/h1-3,5-6,11-13,15H,4,7-10H2,(H,20,26)/t15-/m0/s1. The molecule has 1 fully saturated rings. The van der Waals surface area contributed by atoms with Gasteiger partial charge in [-0.05, 0) is 18.4 Å². The molecular formula is C19H20N6O2S. The fraction of sp³-hybridized carbons (Fsp3) is 0.316. The summed E-state index contributed by atoms with van der Waals surface area (Å²) in [6.45, 7) is 1.65. The molecule has 1 aliphatic rings. The summed E-state index contributed by atoms with van der Waals surface area (Å²) in [7, 11) is 0. The SMILES string of the molecule is O=C(NCc1ccccc1)c1cn(C[C@@H]2CCCN2C(=O)c2cscn2)nn1. The van der Waals surface area contributed by atoms with E-state index in [1.807, 2.05) is 35.2 Å². The molecule has 0 unspecified atom stereocenters. The van der Waals surface area contributed by atoms with E-state index in [1.54, 1.807) is 21.8 Å². The summed E-state index contributed by atoms with van der Waals surface area (Å²) >= 11 is 1.41. The lowest BCUT2D eigenvalue weighted by Gasteiger charge is -2.23. The van der Waals surface area contributed by atoms with Crippen LogP contribution in [0.5, 0.6) is 0 Å². The second-order valence-electron chi connectivity index (χ2n) is 6.66. The highest BCUT2D eigenvalue weighted by Crippen LogP contribution is 2.21. The number of nitrogens with one attached hydrogen (secondary N) is 1. The van der Waals surface area contributed by atoms with Crippen LogP contribution in [-0.2, 0) is 13.1 Å². The first kappa shape index (κ1) is 18.3. The van der Waals surface area contributed by atoms with Crippen molar-refractivity contribution in [3.8, 4) is 0 Å². The van der Waals surface area contributed by atoms with Crippen LogP contribution in [-0.4, -0.2) is 49.3 Å². The molecule has 1 aromatic carbocycles. The normalized spacial score (nSPS) is 16.3. The number of rotatable bonds is 6. The number of thiazole rings is 1. The molecule has 28 heavy (non-hydrogen) atoms. The minimum atomic E-state index is -0.267. The van der Waals surface area contributed by atoms with Gasteiger partial charge in [0.15, 0.2) is 5.69 Å². The Morgan fingerprint density at radius 3 is 2.86 bits per heavy atom. The predicted molar refractivity (Wildman–Crippen MR) is 104 cm³/mol. The summed E-state index contributed by atoms with van der Waals surface area (Å²) < 4.78 is 1.63. The van der Waals surface area contributed by atoms with E-state index in [9.17, 15) is 9.59 Å². The van der Waals surface area contributed by atoms with Crippen molar-refractivity contribution in [1.29, 1.82) is 0 Å². The first-order valence-electron chi connectivity index (χ1n) is 9.12. The topological polar surface area (TPSA) is 93.0 Å². The Balaban J connectivity index is 1.36. The van der Waals surface area contributed by atoms with Gasteiger partial charge in [-0.2, -0.15) is 0 Å². The molecule has 9 heteroatoms. The number of amides is 2. The number of carbonyl (C=O) groups is 2. The minimum absolute atomic E-state index is 0.0242. The van der Waals surface area contributed by atoms with Crippen molar-refractivity contribution in [2.45, 2.75) is 32.0 Å². The molecule has 3 heterocycles. The van der Waals surface area contributed by atoms with Gasteiger partial charge in [-0.15, -0.1) is 16.4 Å². The van der Waals surface area contributed by atoms with Crippen molar-refractivity contribution in [3.05, 3.63) is 64.4 Å². The molecule has 0 bridgehead atoms. The third-order valence-electron chi connectivity index (χ3n) is 4.75. The van der Waals surface area contributed by atoms with E-state index >= 15 is 0 Å². The second-order valence-corrected chi connectivity index (χ2v) is 7.38. The van der Waals surface area contributed by atoms with Gasteiger partial charge in [0.05, 0.1) is 24.3 Å². The van der Waals surface area contributed by atoms with Crippen LogP contribution in [0.25, 0.3) is 0 Å². The smallest absolute Gasteiger partial charge is 0.273 e. The molecule has 1 atom stereocenters. The van der Waals surface area contributed by atoms with Crippen LogP contribution in [0, 0.1) is 0 Å². The first-order valence-corrected chi connectivity index (χ1v) is 10.1. The zero-order valence-corrected chi connectivity index (χ0v) is 16.0. The number of aromatic nitrogens is 4. The van der Waals surface area contributed by atoms with Crippen LogP contribution in [0.2, 0.25) is 0 Å². The van der Waals surface area contributed by atoms with Gasteiger partial charge in [-0.1, -0.05) is 35.5 Å². The average molecular weight is 396 g/mol. The molecule has 3 aromatic rings. The number of nitrogens with zero attached hydrogens (tertiary/aromatic N) is 5. The van der Waals surface area contributed by atoms with Gasteiger partial charge in [0.25, 0.3) is 11.8 Å². The van der Waals surface area contributed by atoms with E-state index < -0.39 is 0 Å². The fourth-order valence-electron chi connectivity index (χ4n) is 3.33. The molecule has 1 aliphatic heterocycles. The first-order chi connectivity index (χ1) is 13.7. The van der Waals surface area contributed by atoms with E-state index in [4.69, 9.17) is 0 Å². The molecule has 1 saturated heterocycles. The van der Waals surface area contributed by atoms with Crippen molar-refractivity contribution in [2.24, 2.45) is 0 Å². The maximum absolute atomic E-state index is 12.6. The van der Waals surface area contributed by atoms with Gasteiger partial charge in [0, 0.05) is 18.5 Å². The van der Waals surface area contributed by atoms with Crippen molar-refractivity contribution in [2.75, 3.05) is 6.54 Å².